The monoisotopic (exact) mass is 335 g/mol. The van der Waals surface area contributed by atoms with Gasteiger partial charge in [0.25, 0.3) is 0 Å². The van der Waals surface area contributed by atoms with E-state index in [9.17, 15) is 9.59 Å². The number of benzene rings is 1. The van der Waals surface area contributed by atoms with E-state index in [2.05, 4.69) is 5.32 Å². The summed E-state index contributed by atoms with van der Waals surface area (Å²) in [6.45, 7) is 7.71. The Morgan fingerprint density at radius 1 is 1.25 bits per heavy atom. The maximum Gasteiger partial charge on any atom is 0.513 e. The number of hydrogen-bond acceptors (Lipinski definition) is 5. The summed E-state index contributed by atoms with van der Waals surface area (Å²) in [6.07, 6.45) is 0.377. The van der Waals surface area contributed by atoms with Crippen LogP contribution in [0.3, 0.4) is 0 Å². The molecule has 0 saturated heterocycles. The topological polar surface area (TPSA) is 73.9 Å². The van der Waals surface area contributed by atoms with Gasteiger partial charge < -0.3 is 19.5 Å². The molecule has 1 aliphatic rings. The fourth-order valence-corrected chi connectivity index (χ4v) is 2.34. The summed E-state index contributed by atoms with van der Waals surface area (Å²) < 4.78 is 15.5. The van der Waals surface area contributed by atoms with Crippen molar-refractivity contribution in [3.63, 3.8) is 0 Å². The number of carbonyl (C=O) groups is 2. The molecular formula is C18H25NO5. The van der Waals surface area contributed by atoms with Crippen molar-refractivity contribution in [3.8, 4) is 5.75 Å². The minimum Gasteiger partial charge on any atom is -0.444 e. The summed E-state index contributed by atoms with van der Waals surface area (Å²) in [4.78, 5) is 23.5. The number of carbonyl (C=O) groups excluding carboxylic acids is 2. The highest BCUT2D eigenvalue weighted by Crippen LogP contribution is 2.44. The fourth-order valence-electron chi connectivity index (χ4n) is 2.34. The SMILES string of the molecule is CCCOC(=O)Oc1ccccc1C1CC1NC(=O)OC(C)(C)C. The molecular weight excluding hydrogens is 310 g/mol. The lowest BCUT2D eigenvalue weighted by Gasteiger charge is -2.19. The Kier molecular flexibility index (Phi) is 5.70. The van der Waals surface area contributed by atoms with Gasteiger partial charge in [0.2, 0.25) is 0 Å². The van der Waals surface area contributed by atoms with Gasteiger partial charge in [-0.1, -0.05) is 25.1 Å². The summed E-state index contributed by atoms with van der Waals surface area (Å²) in [5.74, 6) is 0.574. The van der Waals surface area contributed by atoms with Crippen LogP contribution < -0.4 is 10.1 Å². The minimum atomic E-state index is -0.707. The van der Waals surface area contributed by atoms with Crippen LogP contribution in [0.1, 0.15) is 52.0 Å². The van der Waals surface area contributed by atoms with E-state index in [4.69, 9.17) is 14.2 Å². The quantitative estimate of drug-likeness (QED) is 0.650. The molecule has 0 aromatic heterocycles. The van der Waals surface area contributed by atoms with Gasteiger partial charge in [-0.2, -0.15) is 0 Å². The maximum atomic E-state index is 11.8. The molecule has 132 valence electrons. The number of amides is 1. The Hall–Kier alpha value is -2.24. The van der Waals surface area contributed by atoms with E-state index < -0.39 is 17.8 Å². The second kappa shape index (κ2) is 7.55. The average molecular weight is 335 g/mol. The van der Waals surface area contributed by atoms with E-state index in [1.54, 1.807) is 12.1 Å². The Balaban J connectivity index is 1.94. The molecule has 1 aromatic rings. The second-order valence-corrected chi connectivity index (χ2v) is 6.83. The standard InChI is InChI=1S/C18H25NO5/c1-5-10-22-17(21)23-15-9-7-6-8-12(15)13-11-14(13)19-16(20)24-18(2,3)4/h6-9,13-14H,5,10-11H2,1-4H3,(H,19,20). The Bertz CT molecular complexity index is 593. The zero-order valence-corrected chi connectivity index (χ0v) is 14.6. The van der Waals surface area contributed by atoms with Crippen LogP contribution in [-0.2, 0) is 9.47 Å². The molecule has 2 rings (SSSR count). The minimum absolute atomic E-state index is 0.0173. The molecule has 1 amide bonds. The maximum absolute atomic E-state index is 11.8. The highest BCUT2D eigenvalue weighted by molar-refractivity contribution is 5.69. The highest BCUT2D eigenvalue weighted by atomic mass is 16.7. The van der Waals surface area contributed by atoms with Crippen molar-refractivity contribution in [1.82, 2.24) is 5.32 Å². The first kappa shape index (κ1) is 18.1. The van der Waals surface area contributed by atoms with E-state index in [0.717, 1.165) is 18.4 Å². The molecule has 0 spiro atoms. The van der Waals surface area contributed by atoms with Crippen LogP contribution in [0, 0.1) is 0 Å². The molecule has 0 aliphatic heterocycles. The van der Waals surface area contributed by atoms with Gasteiger partial charge in [0.15, 0.2) is 0 Å². The molecule has 2 atom stereocenters. The van der Waals surface area contributed by atoms with Gasteiger partial charge in [-0.05, 0) is 39.7 Å². The summed E-state index contributed by atoms with van der Waals surface area (Å²) >= 11 is 0. The third-order valence-electron chi connectivity index (χ3n) is 3.43. The molecule has 1 N–H and O–H groups in total. The molecule has 6 heteroatoms. The van der Waals surface area contributed by atoms with Crippen LogP contribution in [0.5, 0.6) is 5.75 Å². The number of ether oxygens (including phenoxy) is 3. The van der Waals surface area contributed by atoms with Gasteiger partial charge in [0, 0.05) is 17.5 Å². The Morgan fingerprint density at radius 2 is 1.96 bits per heavy atom. The van der Waals surface area contributed by atoms with Crippen molar-refractivity contribution < 1.29 is 23.8 Å². The zero-order valence-electron chi connectivity index (χ0n) is 14.6. The van der Waals surface area contributed by atoms with E-state index in [0.29, 0.717) is 12.4 Å². The van der Waals surface area contributed by atoms with Crippen LogP contribution in [0.2, 0.25) is 0 Å². The Morgan fingerprint density at radius 3 is 2.62 bits per heavy atom. The van der Waals surface area contributed by atoms with Gasteiger partial charge in [0.1, 0.15) is 11.4 Å². The van der Waals surface area contributed by atoms with Gasteiger partial charge in [-0.3, -0.25) is 0 Å². The fraction of sp³-hybridized carbons (Fsp3) is 0.556. The van der Waals surface area contributed by atoms with Crippen LogP contribution in [0.15, 0.2) is 24.3 Å². The largest absolute Gasteiger partial charge is 0.513 e. The first-order valence-electron chi connectivity index (χ1n) is 8.23. The van der Waals surface area contributed by atoms with Crippen molar-refractivity contribution in [2.75, 3.05) is 6.61 Å². The predicted octanol–water partition coefficient (Wildman–Crippen LogP) is 3.99. The van der Waals surface area contributed by atoms with E-state index in [1.165, 1.54) is 0 Å². The van der Waals surface area contributed by atoms with E-state index in [1.807, 2.05) is 39.8 Å². The number of hydrogen-bond donors (Lipinski definition) is 1. The molecule has 1 fully saturated rings. The first-order valence-corrected chi connectivity index (χ1v) is 8.23. The van der Waals surface area contributed by atoms with Crippen molar-refractivity contribution in [2.24, 2.45) is 0 Å². The molecule has 2 unspecified atom stereocenters. The summed E-state index contributed by atoms with van der Waals surface area (Å²) in [7, 11) is 0. The molecule has 1 aliphatic carbocycles. The summed E-state index contributed by atoms with van der Waals surface area (Å²) in [6, 6.07) is 7.28. The van der Waals surface area contributed by atoms with Crippen LogP contribution in [-0.4, -0.2) is 30.5 Å². The predicted molar refractivity (Wildman–Crippen MR) is 89.2 cm³/mol. The van der Waals surface area contributed by atoms with Crippen molar-refractivity contribution in [2.45, 2.75) is 58.1 Å². The second-order valence-electron chi connectivity index (χ2n) is 6.83. The molecule has 0 heterocycles. The number of rotatable bonds is 5. The highest BCUT2D eigenvalue weighted by Gasteiger charge is 2.42. The molecule has 24 heavy (non-hydrogen) atoms. The molecule has 6 nitrogen and oxygen atoms in total. The molecule has 1 saturated carbocycles. The molecule has 0 bridgehead atoms. The van der Waals surface area contributed by atoms with Crippen LogP contribution in [0.25, 0.3) is 0 Å². The summed E-state index contributed by atoms with van der Waals surface area (Å²) in [5.41, 5.74) is 0.352. The number of alkyl carbamates (subject to hydrolysis) is 1. The molecule has 0 radical (unpaired) electrons. The van der Waals surface area contributed by atoms with Gasteiger partial charge >= 0.3 is 12.2 Å². The summed E-state index contributed by atoms with van der Waals surface area (Å²) in [5, 5.41) is 2.84. The van der Waals surface area contributed by atoms with Crippen LogP contribution >= 0.6 is 0 Å². The van der Waals surface area contributed by atoms with Gasteiger partial charge in [0.05, 0.1) is 6.61 Å². The average Bonchev–Trinajstić information content (AvgIpc) is 3.22. The third kappa shape index (κ3) is 5.44. The van der Waals surface area contributed by atoms with Crippen molar-refractivity contribution in [1.29, 1.82) is 0 Å². The zero-order chi connectivity index (χ0) is 17.7. The number of para-hydroxylation sites is 1. The van der Waals surface area contributed by atoms with Crippen molar-refractivity contribution >= 4 is 12.2 Å². The van der Waals surface area contributed by atoms with Gasteiger partial charge in [-0.25, -0.2) is 9.59 Å². The molecule has 1 aromatic carbocycles. The lowest BCUT2D eigenvalue weighted by atomic mass is 10.1. The number of nitrogens with one attached hydrogen (secondary N) is 1. The smallest absolute Gasteiger partial charge is 0.444 e. The first-order chi connectivity index (χ1) is 11.3. The van der Waals surface area contributed by atoms with E-state index >= 15 is 0 Å². The van der Waals surface area contributed by atoms with E-state index in [-0.39, 0.29) is 12.0 Å². The van der Waals surface area contributed by atoms with Gasteiger partial charge in [-0.15, -0.1) is 0 Å². The van der Waals surface area contributed by atoms with Crippen molar-refractivity contribution in [3.05, 3.63) is 29.8 Å². The lowest BCUT2D eigenvalue weighted by Crippen LogP contribution is -2.34. The third-order valence-corrected chi connectivity index (χ3v) is 3.43. The lowest BCUT2D eigenvalue weighted by molar-refractivity contribution is 0.0522. The normalized spacial score (nSPS) is 19.3. The Labute approximate surface area is 142 Å². The van der Waals surface area contributed by atoms with Crippen LogP contribution in [0.4, 0.5) is 9.59 Å².